The van der Waals surface area contributed by atoms with Crippen LogP contribution in [0.5, 0.6) is 0 Å². The molecule has 1 fully saturated rings. The summed E-state index contributed by atoms with van der Waals surface area (Å²) in [6.45, 7) is 0. The Morgan fingerprint density at radius 3 is 2.50 bits per heavy atom. The molecule has 5 nitrogen and oxygen atoms in total. The van der Waals surface area contributed by atoms with Crippen molar-refractivity contribution in [1.82, 2.24) is 10.5 Å². The highest BCUT2D eigenvalue weighted by atomic mass is 16.5. The molecule has 1 heterocycles. The fourth-order valence-corrected chi connectivity index (χ4v) is 3.47. The summed E-state index contributed by atoms with van der Waals surface area (Å²) in [5, 5.41) is 9.06. The van der Waals surface area contributed by atoms with Crippen LogP contribution in [0.3, 0.4) is 0 Å². The van der Waals surface area contributed by atoms with Gasteiger partial charge in [-0.25, -0.2) is 10.5 Å². The van der Waals surface area contributed by atoms with Crippen LogP contribution in [-0.2, 0) is 4.79 Å². The van der Waals surface area contributed by atoms with Gasteiger partial charge in [0.05, 0.1) is 12.1 Å². The molecular formula is C19H16N2O3. The Kier molecular flexibility index (Phi) is 3.63. The standard InChI is InChI=1S/C19H16N2O3/c22-19(21-23)18-16(12-5-2-1-3-6-12)17(18)14-8-4-7-13(9-14)15-10-20-11-24-15/h1-11,16-18,23H,(H,21,22)/t16-,17-,18-/m1/s1. The highest BCUT2D eigenvalue weighted by Gasteiger charge is 2.56. The molecule has 3 aromatic rings. The van der Waals surface area contributed by atoms with E-state index in [9.17, 15) is 4.79 Å². The van der Waals surface area contributed by atoms with Crippen molar-refractivity contribution < 1.29 is 14.4 Å². The number of oxazole rings is 1. The molecule has 5 heteroatoms. The van der Waals surface area contributed by atoms with Gasteiger partial charge < -0.3 is 4.42 Å². The summed E-state index contributed by atoms with van der Waals surface area (Å²) in [6, 6.07) is 17.8. The third kappa shape index (κ3) is 2.49. The summed E-state index contributed by atoms with van der Waals surface area (Å²) >= 11 is 0. The van der Waals surface area contributed by atoms with Crippen LogP contribution < -0.4 is 5.48 Å². The largest absolute Gasteiger partial charge is 0.444 e. The number of benzene rings is 2. The van der Waals surface area contributed by atoms with Gasteiger partial charge in [-0.3, -0.25) is 10.0 Å². The van der Waals surface area contributed by atoms with Crippen LogP contribution in [0.25, 0.3) is 11.3 Å². The third-order valence-electron chi connectivity index (χ3n) is 4.61. The summed E-state index contributed by atoms with van der Waals surface area (Å²) in [5.74, 6) is 0.156. The van der Waals surface area contributed by atoms with Gasteiger partial charge in [0.1, 0.15) is 0 Å². The zero-order valence-corrected chi connectivity index (χ0v) is 12.8. The fraction of sp³-hybridized carbons (Fsp3) is 0.158. The average Bonchev–Trinajstić information content (AvgIpc) is 3.15. The number of rotatable bonds is 4. The van der Waals surface area contributed by atoms with Crippen LogP contribution in [0.1, 0.15) is 23.0 Å². The molecule has 0 saturated heterocycles. The van der Waals surface area contributed by atoms with Gasteiger partial charge >= 0.3 is 0 Å². The van der Waals surface area contributed by atoms with Crippen LogP contribution in [0.4, 0.5) is 0 Å². The lowest BCUT2D eigenvalue weighted by atomic mass is 10.0. The van der Waals surface area contributed by atoms with Crippen molar-refractivity contribution in [2.45, 2.75) is 11.8 Å². The van der Waals surface area contributed by atoms with E-state index in [2.05, 4.69) is 4.98 Å². The second-order valence-electron chi connectivity index (χ2n) is 5.96. The van der Waals surface area contributed by atoms with E-state index in [4.69, 9.17) is 9.62 Å². The maximum absolute atomic E-state index is 12.1. The second-order valence-corrected chi connectivity index (χ2v) is 5.96. The van der Waals surface area contributed by atoms with Crippen molar-refractivity contribution in [2.75, 3.05) is 0 Å². The average molecular weight is 320 g/mol. The van der Waals surface area contributed by atoms with Crippen LogP contribution in [0.2, 0.25) is 0 Å². The summed E-state index contributed by atoms with van der Waals surface area (Å²) in [5.41, 5.74) is 4.87. The zero-order valence-electron chi connectivity index (χ0n) is 12.8. The van der Waals surface area contributed by atoms with Crippen molar-refractivity contribution in [3.8, 4) is 11.3 Å². The molecule has 1 aliphatic carbocycles. The number of amides is 1. The number of nitrogens with one attached hydrogen (secondary N) is 1. The third-order valence-corrected chi connectivity index (χ3v) is 4.61. The molecular weight excluding hydrogens is 304 g/mol. The molecule has 2 N–H and O–H groups in total. The summed E-state index contributed by atoms with van der Waals surface area (Å²) in [7, 11) is 0. The first-order chi connectivity index (χ1) is 11.8. The molecule has 1 aromatic heterocycles. The van der Waals surface area contributed by atoms with Crippen molar-refractivity contribution >= 4 is 5.91 Å². The lowest BCUT2D eigenvalue weighted by Crippen LogP contribution is -2.21. The Balaban J connectivity index is 1.69. The summed E-state index contributed by atoms with van der Waals surface area (Å²) in [6.07, 6.45) is 3.06. The molecule has 0 bridgehead atoms. The van der Waals surface area contributed by atoms with E-state index < -0.39 is 0 Å². The Morgan fingerprint density at radius 2 is 1.79 bits per heavy atom. The van der Waals surface area contributed by atoms with E-state index in [0.29, 0.717) is 5.76 Å². The zero-order chi connectivity index (χ0) is 16.5. The second kappa shape index (κ2) is 5.94. The minimum atomic E-state index is -0.348. The summed E-state index contributed by atoms with van der Waals surface area (Å²) in [4.78, 5) is 16.0. The molecule has 1 saturated carbocycles. The van der Waals surface area contributed by atoms with Gasteiger partial charge in [-0.1, -0.05) is 48.5 Å². The van der Waals surface area contributed by atoms with Gasteiger partial charge in [0, 0.05) is 17.4 Å². The first kappa shape index (κ1) is 14.7. The molecule has 1 amide bonds. The smallest absolute Gasteiger partial charge is 0.247 e. The van der Waals surface area contributed by atoms with E-state index in [0.717, 1.165) is 16.7 Å². The van der Waals surface area contributed by atoms with Crippen molar-refractivity contribution in [2.24, 2.45) is 5.92 Å². The van der Waals surface area contributed by atoms with Crippen molar-refractivity contribution in [3.63, 3.8) is 0 Å². The molecule has 0 unspecified atom stereocenters. The lowest BCUT2D eigenvalue weighted by Gasteiger charge is -2.03. The number of aromatic nitrogens is 1. The highest BCUT2D eigenvalue weighted by Crippen LogP contribution is 2.60. The molecule has 3 atom stereocenters. The van der Waals surface area contributed by atoms with Gasteiger partial charge in [0.2, 0.25) is 5.91 Å². The number of carbonyl (C=O) groups excluding carboxylic acids is 1. The predicted molar refractivity (Wildman–Crippen MR) is 87.3 cm³/mol. The molecule has 24 heavy (non-hydrogen) atoms. The maximum Gasteiger partial charge on any atom is 0.247 e. The number of hydrogen-bond donors (Lipinski definition) is 2. The maximum atomic E-state index is 12.1. The Hall–Kier alpha value is -2.92. The van der Waals surface area contributed by atoms with E-state index in [1.165, 1.54) is 6.39 Å². The Morgan fingerprint density at radius 1 is 1.04 bits per heavy atom. The minimum Gasteiger partial charge on any atom is -0.444 e. The quantitative estimate of drug-likeness (QED) is 0.571. The Labute approximate surface area is 138 Å². The topological polar surface area (TPSA) is 75.4 Å². The van der Waals surface area contributed by atoms with Gasteiger partial charge in [-0.05, 0) is 17.2 Å². The minimum absolute atomic E-state index is 0.0300. The first-order valence-electron chi connectivity index (χ1n) is 7.77. The molecule has 0 aliphatic heterocycles. The van der Waals surface area contributed by atoms with E-state index >= 15 is 0 Å². The molecule has 120 valence electrons. The van der Waals surface area contributed by atoms with Gasteiger partial charge in [-0.2, -0.15) is 0 Å². The van der Waals surface area contributed by atoms with Crippen LogP contribution in [0, 0.1) is 5.92 Å². The van der Waals surface area contributed by atoms with Crippen LogP contribution in [-0.4, -0.2) is 16.1 Å². The van der Waals surface area contributed by atoms with Crippen LogP contribution >= 0.6 is 0 Å². The molecule has 1 aliphatic rings. The van der Waals surface area contributed by atoms with Crippen molar-refractivity contribution in [1.29, 1.82) is 0 Å². The van der Waals surface area contributed by atoms with E-state index in [1.54, 1.807) is 11.7 Å². The van der Waals surface area contributed by atoms with E-state index in [-0.39, 0.29) is 23.7 Å². The normalized spacial score (nSPS) is 22.1. The van der Waals surface area contributed by atoms with Crippen molar-refractivity contribution in [3.05, 3.63) is 78.3 Å². The molecule has 2 aromatic carbocycles. The monoisotopic (exact) mass is 320 g/mol. The van der Waals surface area contributed by atoms with Crippen LogP contribution in [0.15, 0.2) is 71.6 Å². The molecule has 0 radical (unpaired) electrons. The van der Waals surface area contributed by atoms with Gasteiger partial charge in [0.25, 0.3) is 0 Å². The number of hydroxylamine groups is 1. The lowest BCUT2D eigenvalue weighted by molar-refractivity contribution is -0.130. The van der Waals surface area contributed by atoms with Gasteiger partial charge in [-0.15, -0.1) is 0 Å². The predicted octanol–water partition coefficient (Wildman–Crippen LogP) is 3.34. The fourth-order valence-electron chi connectivity index (χ4n) is 3.47. The number of nitrogens with zero attached hydrogens (tertiary/aromatic N) is 1. The first-order valence-corrected chi connectivity index (χ1v) is 7.77. The van der Waals surface area contributed by atoms with Gasteiger partial charge in [0.15, 0.2) is 12.2 Å². The van der Waals surface area contributed by atoms with E-state index in [1.807, 2.05) is 54.6 Å². The number of hydrogen-bond acceptors (Lipinski definition) is 4. The Bertz CT molecular complexity index is 846. The molecule has 0 spiro atoms. The number of carbonyl (C=O) groups is 1. The SMILES string of the molecule is O=C(NO)[C@@H]1[C@H](c2ccccc2)[C@H]1c1cccc(-c2cnco2)c1. The molecule has 4 rings (SSSR count). The highest BCUT2D eigenvalue weighted by molar-refractivity contribution is 5.84. The summed E-state index contributed by atoms with van der Waals surface area (Å²) < 4.78 is 5.35.